The smallest absolute Gasteiger partial charge is 0.130 e. The number of halogens is 2. The fraction of sp³-hybridized carbons (Fsp3) is 0.316. The predicted molar refractivity (Wildman–Crippen MR) is 88.6 cm³/mol. The summed E-state index contributed by atoms with van der Waals surface area (Å²) in [7, 11) is 0. The SMILES string of the molecule is CCN(CCCOc1ccc(C#N)cc1)Cc1c(F)cccc1F. The normalized spacial score (nSPS) is 10.6. The third-order valence-electron chi connectivity index (χ3n) is 3.76. The molecule has 0 unspecified atom stereocenters. The zero-order chi connectivity index (χ0) is 17.4. The summed E-state index contributed by atoms with van der Waals surface area (Å²) in [4.78, 5) is 1.98. The molecule has 0 aliphatic carbocycles. The number of nitriles is 1. The molecule has 0 saturated heterocycles. The highest BCUT2D eigenvalue weighted by molar-refractivity contribution is 5.34. The lowest BCUT2D eigenvalue weighted by molar-refractivity contribution is 0.232. The number of rotatable bonds is 8. The van der Waals surface area contributed by atoms with Gasteiger partial charge < -0.3 is 4.74 Å². The molecule has 0 saturated carbocycles. The third-order valence-corrected chi connectivity index (χ3v) is 3.76. The van der Waals surface area contributed by atoms with E-state index < -0.39 is 11.6 Å². The van der Waals surface area contributed by atoms with Crippen molar-refractivity contribution in [3.63, 3.8) is 0 Å². The summed E-state index contributed by atoms with van der Waals surface area (Å²) in [6, 6.07) is 12.9. The Morgan fingerprint density at radius 2 is 1.75 bits per heavy atom. The average Bonchev–Trinajstić information content (AvgIpc) is 2.60. The number of ether oxygens (including phenoxy) is 1. The second-order valence-electron chi connectivity index (χ2n) is 5.41. The van der Waals surface area contributed by atoms with Crippen molar-refractivity contribution in [1.29, 1.82) is 5.26 Å². The van der Waals surface area contributed by atoms with Gasteiger partial charge in [0.2, 0.25) is 0 Å². The molecular weight excluding hydrogens is 310 g/mol. The third kappa shape index (κ3) is 5.04. The zero-order valence-corrected chi connectivity index (χ0v) is 13.6. The van der Waals surface area contributed by atoms with Crippen LogP contribution in [-0.4, -0.2) is 24.6 Å². The molecule has 0 aromatic heterocycles. The van der Waals surface area contributed by atoms with E-state index in [0.717, 1.165) is 6.42 Å². The van der Waals surface area contributed by atoms with Crippen molar-refractivity contribution in [2.75, 3.05) is 19.7 Å². The van der Waals surface area contributed by atoms with Crippen LogP contribution in [0.1, 0.15) is 24.5 Å². The van der Waals surface area contributed by atoms with Crippen molar-refractivity contribution in [1.82, 2.24) is 4.90 Å². The summed E-state index contributed by atoms with van der Waals surface area (Å²) in [6.45, 7) is 4.08. The standard InChI is InChI=1S/C19H20F2N2O/c1-2-23(14-17-18(20)5-3-6-19(17)21)11-4-12-24-16-9-7-15(13-22)8-10-16/h3,5-10H,2,4,11-12,14H2,1H3. The van der Waals surface area contributed by atoms with Gasteiger partial charge in [-0.3, -0.25) is 4.90 Å². The van der Waals surface area contributed by atoms with Crippen LogP contribution >= 0.6 is 0 Å². The molecule has 0 aliphatic rings. The summed E-state index contributed by atoms with van der Waals surface area (Å²) in [6.07, 6.45) is 0.740. The van der Waals surface area contributed by atoms with Crippen molar-refractivity contribution in [3.05, 3.63) is 65.2 Å². The first-order valence-electron chi connectivity index (χ1n) is 7.92. The van der Waals surface area contributed by atoms with Crippen LogP contribution in [0.15, 0.2) is 42.5 Å². The molecule has 0 N–H and O–H groups in total. The van der Waals surface area contributed by atoms with E-state index in [1.807, 2.05) is 11.8 Å². The topological polar surface area (TPSA) is 36.3 Å². The van der Waals surface area contributed by atoms with E-state index in [1.165, 1.54) is 18.2 Å². The van der Waals surface area contributed by atoms with E-state index >= 15 is 0 Å². The van der Waals surface area contributed by atoms with E-state index in [4.69, 9.17) is 10.00 Å². The van der Waals surface area contributed by atoms with Crippen LogP contribution < -0.4 is 4.74 Å². The van der Waals surface area contributed by atoms with E-state index in [0.29, 0.717) is 31.0 Å². The number of hydrogen-bond donors (Lipinski definition) is 0. The molecule has 0 fully saturated rings. The van der Waals surface area contributed by atoms with Gasteiger partial charge in [-0.1, -0.05) is 13.0 Å². The molecule has 0 radical (unpaired) electrons. The molecule has 5 heteroatoms. The number of benzene rings is 2. The Morgan fingerprint density at radius 3 is 2.33 bits per heavy atom. The van der Waals surface area contributed by atoms with Crippen molar-refractivity contribution in [2.45, 2.75) is 19.9 Å². The van der Waals surface area contributed by atoms with Crippen LogP contribution in [0, 0.1) is 23.0 Å². The maximum absolute atomic E-state index is 13.7. The highest BCUT2D eigenvalue weighted by Crippen LogP contribution is 2.15. The van der Waals surface area contributed by atoms with Gasteiger partial charge in [-0.25, -0.2) is 8.78 Å². The van der Waals surface area contributed by atoms with Gasteiger partial charge in [0.15, 0.2) is 0 Å². The Balaban J connectivity index is 1.80. The zero-order valence-electron chi connectivity index (χ0n) is 13.6. The van der Waals surface area contributed by atoms with E-state index in [2.05, 4.69) is 6.07 Å². The quantitative estimate of drug-likeness (QED) is 0.683. The summed E-state index contributed by atoms with van der Waals surface area (Å²) < 4.78 is 33.0. The van der Waals surface area contributed by atoms with Crippen LogP contribution in [-0.2, 0) is 6.54 Å². The largest absolute Gasteiger partial charge is 0.494 e. The Labute approximate surface area is 141 Å². The Bertz CT molecular complexity index is 675. The minimum atomic E-state index is -0.512. The van der Waals surface area contributed by atoms with Crippen molar-refractivity contribution >= 4 is 0 Å². The van der Waals surface area contributed by atoms with Crippen LogP contribution in [0.2, 0.25) is 0 Å². The molecular formula is C19H20F2N2O. The first-order chi connectivity index (χ1) is 11.6. The molecule has 2 aromatic rings. The van der Waals surface area contributed by atoms with Gasteiger partial charge in [-0.05, 0) is 49.4 Å². The summed E-state index contributed by atoms with van der Waals surface area (Å²) in [5.74, 6) is -0.318. The van der Waals surface area contributed by atoms with Crippen LogP contribution in [0.3, 0.4) is 0 Å². The van der Waals surface area contributed by atoms with Gasteiger partial charge in [-0.15, -0.1) is 0 Å². The molecule has 24 heavy (non-hydrogen) atoms. The van der Waals surface area contributed by atoms with Crippen molar-refractivity contribution in [2.24, 2.45) is 0 Å². The predicted octanol–water partition coefficient (Wildman–Crippen LogP) is 4.13. The molecule has 0 aliphatic heterocycles. The van der Waals surface area contributed by atoms with Crippen LogP contribution in [0.25, 0.3) is 0 Å². The number of nitrogens with zero attached hydrogens (tertiary/aromatic N) is 2. The Kier molecular flexibility index (Phi) is 6.71. The van der Waals surface area contributed by atoms with Gasteiger partial charge in [-0.2, -0.15) is 5.26 Å². The average molecular weight is 330 g/mol. The summed E-state index contributed by atoms with van der Waals surface area (Å²) in [5, 5.41) is 8.74. The highest BCUT2D eigenvalue weighted by atomic mass is 19.1. The molecule has 0 atom stereocenters. The van der Waals surface area contributed by atoms with Crippen molar-refractivity contribution < 1.29 is 13.5 Å². The number of hydrogen-bond acceptors (Lipinski definition) is 3. The summed E-state index contributed by atoms with van der Waals surface area (Å²) >= 11 is 0. The molecule has 0 bridgehead atoms. The second-order valence-corrected chi connectivity index (χ2v) is 5.41. The first kappa shape index (κ1) is 17.9. The van der Waals surface area contributed by atoms with E-state index in [-0.39, 0.29) is 12.1 Å². The lowest BCUT2D eigenvalue weighted by Gasteiger charge is -2.21. The molecule has 2 aromatic carbocycles. The van der Waals surface area contributed by atoms with E-state index in [1.54, 1.807) is 24.3 Å². The maximum Gasteiger partial charge on any atom is 0.130 e. The van der Waals surface area contributed by atoms with Crippen molar-refractivity contribution in [3.8, 4) is 11.8 Å². The van der Waals surface area contributed by atoms with Crippen LogP contribution in [0.4, 0.5) is 8.78 Å². The molecule has 0 heterocycles. The molecule has 0 spiro atoms. The van der Waals surface area contributed by atoms with Gasteiger partial charge >= 0.3 is 0 Å². The summed E-state index contributed by atoms with van der Waals surface area (Å²) in [5.41, 5.74) is 0.693. The Hall–Kier alpha value is -2.45. The van der Waals surface area contributed by atoms with Gasteiger partial charge in [0.05, 0.1) is 18.2 Å². The first-order valence-corrected chi connectivity index (χ1v) is 7.92. The Morgan fingerprint density at radius 1 is 1.08 bits per heavy atom. The van der Waals surface area contributed by atoms with Gasteiger partial charge in [0, 0.05) is 18.7 Å². The molecule has 0 amide bonds. The highest BCUT2D eigenvalue weighted by Gasteiger charge is 2.12. The minimum absolute atomic E-state index is 0.104. The minimum Gasteiger partial charge on any atom is -0.494 e. The van der Waals surface area contributed by atoms with Gasteiger partial charge in [0.1, 0.15) is 17.4 Å². The fourth-order valence-corrected chi connectivity index (χ4v) is 2.36. The lowest BCUT2D eigenvalue weighted by atomic mass is 10.2. The monoisotopic (exact) mass is 330 g/mol. The molecule has 126 valence electrons. The van der Waals surface area contributed by atoms with Crippen LogP contribution in [0.5, 0.6) is 5.75 Å². The second kappa shape index (κ2) is 8.99. The molecule has 3 nitrogen and oxygen atoms in total. The van der Waals surface area contributed by atoms with E-state index in [9.17, 15) is 8.78 Å². The van der Waals surface area contributed by atoms with Gasteiger partial charge in [0.25, 0.3) is 0 Å². The lowest BCUT2D eigenvalue weighted by Crippen LogP contribution is -2.26. The fourth-order valence-electron chi connectivity index (χ4n) is 2.36. The maximum atomic E-state index is 13.7. The molecule has 2 rings (SSSR count).